The van der Waals surface area contributed by atoms with E-state index in [0.717, 1.165) is 10.5 Å². The molecule has 0 heterocycles. The third-order valence-electron chi connectivity index (χ3n) is 1.67. The summed E-state index contributed by atoms with van der Waals surface area (Å²) in [5.41, 5.74) is 1.99. The van der Waals surface area contributed by atoms with Crippen molar-refractivity contribution in [1.29, 1.82) is 0 Å². The van der Waals surface area contributed by atoms with Crippen LogP contribution in [0.1, 0.15) is 6.92 Å². The van der Waals surface area contributed by atoms with E-state index >= 15 is 0 Å². The molecule has 0 aliphatic rings. The molecule has 0 aliphatic heterocycles. The lowest BCUT2D eigenvalue weighted by atomic mass is 11.0. The van der Waals surface area contributed by atoms with Gasteiger partial charge in [-0.2, -0.15) is 0 Å². The molecule has 0 bridgehead atoms. The lowest BCUT2D eigenvalue weighted by molar-refractivity contribution is 0.609. The Morgan fingerprint density at radius 2 is 2.36 bits per heavy atom. The van der Waals surface area contributed by atoms with E-state index in [9.17, 15) is 0 Å². The van der Waals surface area contributed by atoms with Crippen molar-refractivity contribution in [3.8, 4) is 0 Å². The van der Waals surface area contributed by atoms with Gasteiger partial charge in [0, 0.05) is 0 Å². The fourth-order valence-corrected chi connectivity index (χ4v) is 12.0. The Balaban J connectivity index is 3.41. The molecule has 0 aromatic rings. The summed E-state index contributed by atoms with van der Waals surface area (Å²) in [5, 5.41) is 0. The molecule has 0 N–H and O–H groups in total. The zero-order chi connectivity index (χ0) is 8.69. The Bertz CT molecular complexity index is 107. The Morgan fingerprint density at radius 3 is 2.73 bits per heavy atom. The van der Waals surface area contributed by atoms with Crippen molar-refractivity contribution in [2.45, 2.75) is 19.5 Å². The smallest absolute Gasteiger partial charge is 0.183 e. The molecule has 6 heteroatoms. The first-order chi connectivity index (χ1) is 5.24. The first-order valence-corrected chi connectivity index (χ1v) is 12.3. The summed E-state index contributed by atoms with van der Waals surface area (Å²) in [4.78, 5) is 0. The molecule has 2 unspecified atom stereocenters. The summed E-state index contributed by atoms with van der Waals surface area (Å²) < 4.78 is 11.3. The number of hydrogen-bond donors (Lipinski definition) is 0. The maximum atomic E-state index is 5.75. The first kappa shape index (κ1) is 11.5. The second kappa shape index (κ2) is 7.19. The fourth-order valence-electron chi connectivity index (χ4n) is 0.680. The van der Waals surface area contributed by atoms with Gasteiger partial charge in [0.25, 0.3) is 0 Å². The third-order valence-corrected chi connectivity index (χ3v) is 16.7. The quantitative estimate of drug-likeness (QED) is 0.521. The van der Waals surface area contributed by atoms with E-state index in [1.165, 1.54) is 6.04 Å². The van der Waals surface area contributed by atoms with E-state index in [1.54, 1.807) is 0 Å². The molecule has 0 radical (unpaired) electrons. The lowest BCUT2D eigenvalue weighted by Crippen LogP contribution is -2.30. The van der Waals surface area contributed by atoms with E-state index < -0.39 is 17.6 Å². The molecule has 0 saturated heterocycles. The summed E-state index contributed by atoms with van der Waals surface area (Å²) in [6.07, 6.45) is 0. The Kier molecular flexibility index (Phi) is 7.54. The Morgan fingerprint density at radius 1 is 1.73 bits per heavy atom. The van der Waals surface area contributed by atoms with Crippen LogP contribution >= 0.6 is 0 Å². The van der Waals surface area contributed by atoms with Crippen LogP contribution in [0.2, 0.25) is 12.6 Å². The number of rotatable bonds is 6. The molecule has 0 fully saturated rings. The second-order valence-electron chi connectivity index (χ2n) is 2.54. The minimum Gasteiger partial charge on any atom is -0.466 e. The van der Waals surface area contributed by atoms with Crippen molar-refractivity contribution in [2.75, 3.05) is 0 Å². The van der Waals surface area contributed by atoms with Gasteiger partial charge < -0.3 is 8.23 Å². The highest BCUT2D eigenvalue weighted by atomic mass is 29.2. The van der Waals surface area contributed by atoms with Crippen LogP contribution in [-0.4, -0.2) is 37.4 Å². The van der Waals surface area contributed by atoms with E-state index in [2.05, 4.69) is 20.0 Å². The summed E-state index contributed by atoms with van der Waals surface area (Å²) in [5.74, 6) is 0. The zero-order valence-corrected chi connectivity index (χ0v) is 13.4. The molecule has 11 heavy (non-hydrogen) atoms. The molecule has 2 atom stereocenters. The van der Waals surface area contributed by atoms with Crippen molar-refractivity contribution < 1.29 is 8.23 Å². The Labute approximate surface area is 77.7 Å². The molecule has 0 aromatic carbocycles. The molecular weight excluding hydrogens is 204 g/mol. The fraction of sp³-hybridized carbons (Fsp3) is 0.600. The molecule has 0 saturated carbocycles. The molecule has 66 valence electrons. The molecular formula is C5H18O2Si4. The van der Waals surface area contributed by atoms with Gasteiger partial charge in [-0.25, -0.2) is 0 Å². The average Bonchev–Trinajstić information content (AvgIpc) is 2.06. The molecule has 2 nitrogen and oxygen atoms in total. The van der Waals surface area contributed by atoms with Gasteiger partial charge >= 0.3 is 0 Å². The molecule has 0 aromatic heterocycles. The van der Waals surface area contributed by atoms with Crippen LogP contribution in [0.3, 0.4) is 0 Å². The van der Waals surface area contributed by atoms with Crippen LogP contribution in [0.5, 0.6) is 0 Å². The maximum Gasteiger partial charge on any atom is 0.183 e. The van der Waals surface area contributed by atoms with Crippen LogP contribution in [0.15, 0.2) is 12.3 Å². The molecule has 0 amide bonds. The predicted octanol–water partition coefficient (Wildman–Crippen LogP) is -1.30. The highest BCUT2D eigenvalue weighted by Gasteiger charge is 2.09. The second-order valence-corrected chi connectivity index (χ2v) is 13.8. The monoisotopic (exact) mass is 222 g/mol. The van der Waals surface area contributed by atoms with Crippen LogP contribution in [0.4, 0.5) is 0 Å². The molecule has 0 rings (SSSR count). The predicted molar refractivity (Wildman–Crippen MR) is 61.5 cm³/mol. The SMILES string of the molecule is C=C[SiH](C)O[SiH2][SiH](CC)O[SiH3]. The lowest BCUT2D eigenvalue weighted by Gasteiger charge is -2.13. The minimum absolute atomic E-state index is 0.291. The summed E-state index contributed by atoms with van der Waals surface area (Å²) in [6, 6.07) is 1.24. The van der Waals surface area contributed by atoms with Gasteiger partial charge in [0.1, 0.15) is 10.5 Å². The van der Waals surface area contributed by atoms with Crippen molar-refractivity contribution >= 4 is 37.4 Å². The highest BCUT2D eigenvalue weighted by Crippen LogP contribution is 1.92. The van der Waals surface area contributed by atoms with Gasteiger partial charge in [0.05, 0.1) is 0 Å². The van der Waals surface area contributed by atoms with Crippen LogP contribution in [0, 0.1) is 0 Å². The van der Waals surface area contributed by atoms with Crippen LogP contribution in [0.25, 0.3) is 0 Å². The van der Waals surface area contributed by atoms with Crippen molar-refractivity contribution in [1.82, 2.24) is 0 Å². The van der Waals surface area contributed by atoms with E-state index in [0.29, 0.717) is 0 Å². The van der Waals surface area contributed by atoms with Crippen LogP contribution in [-0.2, 0) is 8.23 Å². The van der Waals surface area contributed by atoms with Crippen molar-refractivity contribution in [3.05, 3.63) is 12.3 Å². The van der Waals surface area contributed by atoms with E-state index in [-0.39, 0.29) is 9.28 Å². The van der Waals surface area contributed by atoms with Gasteiger partial charge in [0.2, 0.25) is 0 Å². The van der Waals surface area contributed by atoms with Gasteiger partial charge in [-0.05, 0) is 12.6 Å². The van der Waals surface area contributed by atoms with E-state index in [4.69, 9.17) is 8.23 Å². The standard InChI is InChI=1S/C5H18O2Si4/c1-4-10(3)7-9-11(5-2)6-8/h4,10-11H,1,5,9H2,2-3,8H3. The van der Waals surface area contributed by atoms with E-state index in [1.807, 2.05) is 5.70 Å². The topological polar surface area (TPSA) is 18.5 Å². The Hall–Kier alpha value is 0.528. The van der Waals surface area contributed by atoms with Crippen molar-refractivity contribution in [3.63, 3.8) is 0 Å². The van der Waals surface area contributed by atoms with Crippen molar-refractivity contribution in [2.24, 2.45) is 0 Å². The maximum absolute atomic E-state index is 5.75. The molecule has 0 spiro atoms. The van der Waals surface area contributed by atoms with Gasteiger partial charge in [-0.3, -0.25) is 0 Å². The van der Waals surface area contributed by atoms with Gasteiger partial charge in [0.15, 0.2) is 26.9 Å². The summed E-state index contributed by atoms with van der Waals surface area (Å²) >= 11 is 0. The largest absolute Gasteiger partial charge is 0.466 e. The molecule has 0 aliphatic carbocycles. The average molecular weight is 223 g/mol. The highest BCUT2D eigenvalue weighted by molar-refractivity contribution is 7.08. The first-order valence-electron chi connectivity index (χ1n) is 4.01. The third kappa shape index (κ3) is 5.76. The summed E-state index contributed by atoms with van der Waals surface area (Å²) in [7, 11) is -1.16. The summed E-state index contributed by atoms with van der Waals surface area (Å²) in [6.45, 7) is 8.12. The van der Waals surface area contributed by atoms with Gasteiger partial charge in [-0.15, -0.1) is 6.58 Å². The van der Waals surface area contributed by atoms with Gasteiger partial charge in [-0.1, -0.05) is 12.6 Å². The minimum atomic E-state index is -0.970. The van der Waals surface area contributed by atoms with Crippen LogP contribution < -0.4 is 0 Å². The normalized spacial score (nSPS) is 17.3. The zero-order valence-electron chi connectivity index (χ0n) is 7.67. The number of hydrogen-bond acceptors (Lipinski definition) is 2.